The van der Waals surface area contributed by atoms with Crippen molar-refractivity contribution in [1.29, 1.82) is 5.41 Å². The van der Waals surface area contributed by atoms with Gasteiger partial charge in [0.05, 0.1) is 12.7 Å². The maximum atomic E-state index is 7.87. The lowest BCUT2D eigenvalue weighted by atomic mass is 9.92. The van der Waals surface area contributed by atoms with Crippen LogP contribution >= 0.6 is 34.8 Å². The van der Waals surface area contributed by atoms with Crippen molar-refractivity contribution >= 4 is 49.0 Å². The molecule has 7 nitrogen and oxygen atoms in total. The minimum atomic E-state index is -2.03. The Kier molecular flexibility index (Phi) is 11.0. The first-order valence-electron chi connectivity index (χ1n) is 13.3. The Morgan fingerprint density at radius 1 is 1.13 bits per heavy atom. The molecule has 1 aromatic carbocycles. The number of ether oxygens (including phenoxy) is 5. The van der Waals surface area contributed by atoms with Crippen LogP contribution in [0.25, 0.3) is 0 Å². The van der Waals surface area contributed by atoms with Gasteiger partial charge in [-0.15, -0.1) is 0 Å². The molecule has 2 saturated heterocycles. The van der Waals surface area contributed by atoms with Gasteiger partial charge in [0.2, 0.25) is 5.90 Å². The zero-order chi connectivity index (χ0) is 29.1. The summed E-state index contributed by atoms with van der Waals surface area (Å²) in [6.45, 7) is 16.4. The second-order valence-electron chi connectivity index (χ2n) is 12.0. The van der Waals surface area contributed by atoms with E-state index >= 15 is 0 Å². The highest BCUT2D eigenvalue weighted by atomic mass is 35.6. The molecule has 0 aliphatic carbocycles. The van der Waals surface area contributed by atoms with E-state index in [9.17, 15) is 0 Å². The fourth-order valence-corrected chi connectivity index (χ4v) is 5.44. The Balaban J connectivity index is 1.78. The molecular weight excluding hydrogens is 581 g/mol. The van der Waals surface area contributed by atoms with E-state index in [2.05, 4.69) is 33.9 Å². The van der Waals surface area contributed by atoms with Crippen LogP contribution in [0.2, 0.25) is 18.1 Å². The molecule has 2 aliphatic heterocycles. The maximum absolute atomic E-state index is 7.87. The van der Waals surface area contributed by atoms with Crippen molar-refractivity contribution < 1.29 is 28.1 Å². The lowest BCUT2D eigenvalue weighted by Crippen LogP contribution is -2.43. The summed E-state index contributed by atoms with van der Waals surface area (Å²) in [5, 5.41) is 7.93. The smallest absolute Gasteiger partial charge is 0.265 e. The molecule has 220 valence electrons. The average Bonchev–Trinajstić information content (AvgIpc) is 3.29. The number of nitrogens with one attached hydrogen (secondary N) is 1. The average molecular weight is 623 g/mol. The van der Waals surface area contributed by atoms with Crippen LogP contribution in [0.4, 0.5) is 0 Å². The van der Waals surface area contributed by atoms with E-state index in [1.165, 1.54) is 0 Å². The zero-order valence-corrected chi connectivity index (χ0v) is 27.2. The molecule has 1 aromatic rings. The Morgan fingerprint density at radius 3 is 2.41 bits per heavy atom. The van der Waals surface area contributed by atoms with Gasteiger partial charge in [-0.25, -0.2) is 0 Å². The first kappa shape index (κ1) is 32.8. The first-order valence-corrected chi connectivity index (χ1v) is 17.3. The number of benzene rings is 1. The molecular formula is C28H42Cl3NO6Si. The molecule has 2 heterocycles. The molecule has 39 heavy (non-hydrogen) atoms. The monoisotopic (exact) mass is 621 g/mol. The van der Waals surface area contributed by atoms with Gasteiger partial charge in [0.25, 0.3) is 3.79 Å². The van der Waals surface area contributed by atoms with Crippen LogP contribution in [0.1, 0.15) is 46.6 Å². The molecule has 0 radical (unpaired) electrons. The number of hydrogen-bond donors (Lipinski definition) is 1. The molecule has 1 N–H and O–H groups in total. The standard InChI is InChI=1S/C28H42Cl3NO6Si/c1-26(2,3)39(6,7)35-18-20(13-15-33-17-19-11-9-8-10-12-19)22-21(14-16-34-25(32)28(29,30)31)23-24(36-22)38-27(4,5)37-23/h8-12,14,20,22-24,32H,13,15-18H2,1-7H3/b21-14+,32-25?/t20-,22-,23+,24+/m0/s1. The van der Waals surface area contributed by atoms with Crippen LogP contribution in [0.3, 0.4) is 0 Å². The predicted molar refractivity (Wildman–Crippen MR) is 158 cm³/mol. The highest BCUT2D eigenvalue weighted by molar-refractivity contribution is 6.76. The van der Waals surface area contributed by atoms with Crippen molar-refractivity contribution in [3.8, 4) is 0 Å². The molecule has 11 heteroatoms. The molecule has 0 spiro atoms. The quantitative estimate of drug-likeness (QED) is 0.0692. The zero-order valence-electron chi connectivity index (χ0n) is 23.9. The lowest BCUT2D eigenvalue weighted by Gasteiger charge is -2.38. The van der Waals surface area contributed by atoms with E-state index in [1.54, 1.807) is 0 Å². The lowest BCUT2D eigenvalue weighted by molar-refractivity contribution is -0.206. The van der Waals surface area contributed by atoms with Crippen LogP contribution in [-0.4, -0.2) is 62.1 Å². The van der Waals surface area contributed by atoms with E-state index in [0.717, 1.165) is 11.1 Å². The Labute approximate surface area is 249 Å². The van der Waals surface area contributed by atoms with Crippen molar-refractivity contribution in [3.05, 3.63) is 47.5 Å². The van der Waals surface area contributed by atoms with Gasteiger partial charge in [0, 0.05) is 19.1 Å². The molecule has 0 bridgehead atoms. The third kappa shape index (κ3) is 9.15. The third-order valence-corrected chi connectivity index (χ3v) is 12.5. The second-order valence-corrected chi connectivity index (χ2v) is 19.1. The number of fused-ring (bicyclic) bond motifs is 1. The van der Waals surface area contributed by atoms with Crippen LogP contribution in [0.15, 0.2) is 42.0 Å². The summed E-state index contributed by atoms with van der Waals surface area (Å²) in [7, 11) is -2.03. The van der Waals surface area contributed by atoms with Crippen LogP contribution < -0.4 is 0 Å². The molecule has 2 fully saturated rings. The SMILES string of the molecule is CC1(C)O[C@H]2O[C@@H]([C@@H](CCOCc3ccccc3)CO[Si](C)(C)C(C)(C)C)/C(=C\COC(=N)C(Cl)(Cl)Cl)[C@H]2O1. The highest BCUT2D eigenvalue weighted by Crippen LogP contribution is 2.44. The van der Waals surface area contributed by atoms with Gasteiger partial charge in [-0.2, -0.15) is 0 Å². The Hall–Kier alpha value is -0.683. The van der Waals surface area contributed by atoms with Crippen LogP contribution in [0.5, 0.6) is 0 Å². The fraction of sp³-hybridized carbons (Fsp3) is 0.679. The molecule has 3 rings (SSSR count). The topological polar surface area (TPSA) is 79.2 Å². The largest absolute Gasteiger partial charge is 0.474 e. The van der Waals surface area contributed by atoms with Crippen LogP contribution in [0, 0.1) is 11.3 Å². The maximum Gasteiger partial charge on any atom is 0.265 e. The first-order chi connectivity index (χ1) is 18.0. The van der Waals surface area contributed by atoms with Gasteiger partial charge in [-0.3, -0.25) is 5.41 Å². The number of hydrogen-bond acceptors (Lipinski definition) is 7. The van der Waals surface area contributed by atoms with E-state index in [4.69, 9.17) is 68.3 Å². The summed E-state index contributed by atoms with van der Waals surface area (Å²) >= 11 is 17.4. The summed E-state index contributed by atoms with van der Waals surface area (Å²) < 4.78 is 34.9. The van der Waals surface area contributed by atoms with Gasteiger partial charge in [0.1, 0.15) is 12.7 Å². The van der Waals surface area contributed by atoms with Crippen molar-refractivity contribution in [1.82, 2.24) is 0 Å². The molecule has 0 aromatic heterocycles. The second kappa shape index (κ2) is 13.1. The Morgan fingerprint density at radius 2 is 1.79 bits per heavy atom. The van der Waals surface area contributed by atoms with Crippen molar-refractivity contribution in [2.75, 3.05) is 19.8 Å². The normalized spacial score (nSPS) is 25.1. The van der Waals surface area contributed by atoms with Crippen molar-refractivity contribution in [2.45, 2.75) is 93.9 Å². The van der Waals surface area contributed by atoms with E-state index in [-0.39, 0.29) is 23.7 Å². The Bertz CT molecular complexity index is 993. The summed E-state index contributed by atoms with van der Waals surface area (Å²) in [5.74, 6) is -1.28. The summed E-state index contributed by atoms with van der Waals surface area (Å²) in [6, 6.07) is 10.1. The minimum absolute atomic E-state index is 0.0231. The van der Waals surface area contributed by atoms with E-state index in [1.807, 2.05) is 50.3 Å². The minimum Gasteiger partial charge on any atom is -0.474 e. The van der Waals surface area contributed by atoms with Crippen molar-refractivity contribution in [3.63, 3.8) is 0 Å². The highest BCUT2D eigenvalue weighted by Gasteiger charge is 2.53. The van der Waals surface area contributed by atoms with Gasteiger partial charge in [-0.1, -0.05) is 85.9 Å². The molecule has 0 amide bonds. The van der Waals surface area contributed by atoms with Crippen molar-refractivity contribution in [2.24, 2.45) is 5.92 Å². The summed E-state index contributed by atoms with van der Waals surface area (Å²) in [4.78, 5) is 0. The van der Waals surface area contributed by atoms with Crippen LogP contribution in [-0.2, 0) is 34.7 Å². The fourth-order valence-electron chi connectivity index (χ4n) is 4.21. The summed E-state index contributed by atoms with van der Waals surface area (Å²) in [6.07, 6.45) is 1.21. The predicted octanol–water partition coefficient (Wildman–Crippen LogP) is 7.40. The molecule has 2 aliphatic rings. The molecule has 0 saturated carbocycles. The third-order valence-electron chi connectivity index (χ3n) is 7.44. The van der Waals surface area contributed by atoms with Gasteiger partial charge in [-0.05, 0) is 55.6 Å². The summed E-state index contributed by atoms with van der Waals surface area (Å²) in [5.41, 5.74) is 1.99. The van der Waals surface area contributed by atoms with Gasteiger partial charge in [0.15, 0.2) is 20.4 Å². The van der Waals surface area contributed by atoms with E-state index < -0.39 is 36.2 Å². The number of rotatable bonds is 11. The number of alkyl halides is 3. The van der Waals surface area contributed by atoms with Gasteiger partial charge >= 0.3 is 0 Å². The molecule has 4 atom stereocenters. The molecule has 0 unspecified atom stereocenters. The van der Waals surface area contributed by atoms with Gasteiger partial charge < -0.3 is 28.1 Å². The number of halogens is 3. The van der Waals surface area contributed by atoms with E-state index in [0.29, 0.717) is 26.2 Å².